The molecule has 1 aromatic rings. The first-order valence-corrected chi connectivity index (χ1v) is 9.29. The summed E-state index contributed by atoms with van der Waals surface area (Å²) in [6, 6.07) is 3.78. The van der Waals surface area contributed by atoms with E-state index in [1.54, 1.807) is 11.3 Å². The quantitative estimate of drug-likeness (QED) is 0.738. The normalized spacial score (nSPS) is 12.1. The molecule has 0 aliphatic heterocycles. The zero-order valence-electron chi connectivity index (χ0n) is 12.1. The van der Waals surface area contributed by atoms with Gasteiger partial charge in [-0.25, -0.2) is 8.42 Å². The van der Waals surface area contributed by atoms with Gasteiger partial charge in [-0.2, -0.15) is 4.31 Å². The Balaban J connectivity index is 2.28. The van der Waals surface area contributed by atoms with Crippen LogP contribution in [0.1, 0.15) is 25.1 Å². The van der Waals surface area contributed by atoms with Crippen LogP contribution >= 0.6 is 11.3 Å². The van der Waals surface area contributed by atoms with Crippen LogP contribution in [0.5, 0.6) is 0 Å². The molecular weight excluding hydrogens is 296 g/mol. The number of amides is 1. The highest BCUT2D eigenvalue weighted by Crippen LogP contribution is 2.09. The maximum atomic E-state index is 11.6. The second-order valence-corrected chi connectivity index (χ2v) is 7.89. The summed E-state index contributed by atoms with van der Waals surface area (Å²) in [5.41, 5.74) is 0. The highest BCUT2D eigenvalue weighted by molar-refractivity contribution is 7.88. The third-order valence-electron chi connectivity index (χ3n) is 2.79. The van der Waals surface area contributed by atoms with E-state index in [1.807, 2.05) is 31.4 Å². The van der Waals surface area contributed by atoms with Crippen molar-refractivity contribution in [1.82, 2.24) is 9.62 Å². The lowest BCUT2D eigenvalue weighted by Gasteiger charge is -2.23. The molecule has 1 rings (SSSR count). The van der Waals surface area contributed by atoms with Gasteiger partial charge in [-0.05, 0) is 31.7 Å². The predicted molar refractivity (Wildman–Crippen MR) is 82.3 cm³/mol. The molecule has 0 aliphatic rings. The predicted octanol–water partition coefficient (Wildman–Crippen LogP) is 1.47. The molecule has 0 saturated carbocycles. The second kappa shape index (κ2) is 7.75. The number of carbonyl (C=O) groups excluding carboxylic acids is 1. The van der Waals surface area contributed by atoms with Gasteiger partial charge in [-0.3, -0.25) is 4.79 Å². The number of rotatable bonds is 8. The van der Waals surface area contributed by atoms with Crippen LogP contribution in [0, 0.1) is 0 Å². The van der Waals surface area contributed by atoms with Crippen molar-refractivity contribution in [2.24, 2.45) is 0 Å². The van der Waals surface area contributed by atoms with Crippen molar-refractivity contribution in [3.05, 3.63) is 22.4 Å². The molecule has 0 aliphatic carbocycles. The Labute approximate surface area is 125 Å². The number of thiophene rings is 1. The van der Waals surface area contributed by atoms with Gasteiger partial charge in [-0.15, -0.1) is 11.3 Å². The molecule has 0 unspecified atom stereocenters. The average molecular weight is 318 g/mol. The molecule has 0 aromatic carbocycles. The van der Waals surface area contributed by atoms with Crippen LogP contribution in [0.25, 0.3) is 0 Å². The first-order valence-electron chi connectivity index (χ1n) is 6.56. The first kappa shape index (κ1) is 17.1. The molecule has 0 radical (unpaired) electrons. The Kier molecular flexibility index (Phi) is 6.64. The van der Waals surface area contributed by atoms with Gasteiger partial charge in [0, 0.05) is 24.0 Å². The highest BCUT2D eigenvalue weighted by atomic mass is 32.2. The van der Waals surface area contributed by atoms with Gasteiger partial charge in [0.1, 0.15) is 0 Å². The van der Waals surface area contributed by atoms with E-state index < -0.39 is 10.0 Å². The average Bonchev–Trinajstić information content (AvgIpc) is 2.79. The van der Waals surface area contributed by atoms with Crippen LogP contribution in [0.2, 0.25) is 0 Å². The topological polar surface area (TPSA) is 66.5 Å². The van der Waals surface area contributed by atoms with Gasteiger partial charge in [-0.1, -0.05) is 6.07 Å². The molecule has 1 N–H and O–H groups in total. The molecule has 1 aromatic heterocycles. The van der Waals surface area contributed by atoms with Crippen LogP contribution in [0.4, 0.5) is 0 Å². The summed E-state index contributed by atoms with van der Waals surface area (Å²) in [7, 11) is -3.18. The fourth-order valence-electron chi connectivity index (χ4n) is 1.90. The summed E-state index contributed by atoms with van der Waals surface area (Å²) in [4.78, 5) is 12.7. The zero-order chi connectivity index (χ0) is 15.2. The number of sulfonamides is 1. The lowest BCUT2D eigenvalue weighted by atomic mass is 10.3. The first-order chi connectivity index (χ1) is 9.30. The standard InChI is InChI=1S/C13H22N2O3S2/c1-11(2)15(20(3,17)18)8-5-7-14-13(16)10-12-6-4-9-19-12/h4,6,9,11H,5,7-8,10H2,1-3H3,(H,14,16). The maximum Gasteiger partial charge on any atom is 0.225 e. The summed E-state index contributed by atoms with van der Waals surface area (Å²) in [6.07, 6.45) is 2.21. The summed E-state index contributed by atoms with van der Waals surface area (Å²) in [6.45, 7) is 4.60. The van der Waals surface area contributed by atoms with Gasteiger partial charge >= 0.3 is 0 Å². The summed E-state index contributed by atoms with van der Waals surface area (Å²) < 4.78 is 24.5. The molecule has 20 heavy (non-hydrogen) atoms. The maximum absolute atomic E-state index is 11.6. The van der Waals surface area contributed by atoms with Gasteiger partial charge in [0.05, 0.1) is 12.7 Å². The van der Waals surface area contributed by atoms with E-state index in [0.29, 0.717) is 25.9 Å². The zero-order valence-corrected chi connectivity index (χ0v) is 13.8. The third kappa shape index (κ3) is 6.02. The molecule has 0 spiro atoms. The molecule has 7 heteroatoms. The Morgan fingerprint density at radius 2 is 2.15 bits per heavy atom. The Bertz CT molecular complexity index is 510. The SMILES string of the molecule is CC(C)N(CCCNC(=O)Cc1cccs1)S(C)(=O)=O. The van der Waals surface area contributed by atoms with E-state index in [9.17, 15) is 13.2 Å². The second-order valence-electron chi connectivity index (χ2n) is 4.93. The van der Waals surface area contributed by atoms with E-state index >= 15 is 0 Å². The largest absolute Gasteiger partial charge is 0.356 e. The van der Waals surface area contributed by atoms with E-state index in [0.717, 1.165) is 4.88 Å². The monoisotopic (exact) mass is 318 g/mol. The van der Waals surface area contributed by atoms with Crippen LogP contribution in [-0.2, 0) is 21.2 Å². The number of hydrogen-bond acceptors (Lipinski definition) is 4. The van der Waals surface area contributed by atoms with Crippen molar-refractivity contribution in [3.8, 4) is 0 Å². The van der Waals surface area contributed by atoms with Crippen molar-refractivity contribution in [2.75, 3.05) is 19.3 Å². The van der Waals surface area contributed by atoms with Crippen molar-refractivity contribution in [2.45, 2.75) is 32.7 Å². The summed E-state index contributed by atoms with van der Waals surface area (Å²) in [5.74, 6) is -0.0251. The lowest BCUT2D eigenvalue weighted by Crippen LogP contribution is -2.38. The molecule has 114 valence electrons. The molecule has 0 saturated heterocycles. The van der Waals surface area contributed by atoms with Crippen molar-refractivity contribution < 1.29 is 13.2 Å². The van der Waals surface area contributed by atoms with Crippen LogP contribution in [0.3, 0.4) is 0 Å². The van der Waals surface area contributed by atoms with Gasteiger partial charge < -0.3 is 5.32 Å². The van der Waals surface area contributed by atoms with Gasteiger partial charge in [0.15, 0.2) is 0 Å². The minimum atomic E-state index is -3.18. The van der Waals surface area contributed by atoms with Crippen molar-refractivity contribution in [1.29, 1.82) is 0 Å². The molecule has 1 heterocycles. The Morgan fingerprint density at radius 1 is 1.45 bits per heavy atom. The summed E-state index contributed by atoms with van der Waals surface area (Å²) >= 11 is 1.55. The van der Waals surface area contributed by atoms with Crippen molar-refractivity contribution >= 4 is 27.3 Å². The number of hydrogen-bond donors (Lipinski definition) is 1. The fourth-order valence-corrected chi connectivity index (χ4v) is 3.83. The molecule has 1 amide bonds. The van der Waals surface area contributed by atoms with E-state index in [4.69, 9.17) is 0 Å². The molecular formula is C13H22N2O3S2. The molecule has 0 atom stereocenters. The molecule has 0 fully saturated rings. The fraction of sp³-hybridized carbons (Fsp3) is 0.615. The minimum absolute atomic E-state index is 0.0251. The number of nitrogens with one attached hydrogen (secondary N) is 1. The minimum Gasteiger partial charge on any atom is -0.356 e. The van der Waals surface area contributed by atoms with Crippen LogP contribution < -0.4 is 5.32 Å². The van der Waals surface area contributed by atoms with Gasteiger partial charge in [0.2, 0.25) is 15.9 Å². The van der Waals surface area contributed by atoms with E-state index in [-0.39, 0.29) is 11.9 Å². The number of carbonyl (C=O) groups is 1. The van der Waals surface area contributed by atoms with Crippen LogP contribution in [0.15, 0.2) is 17.5 Å². The van der Waals surface area contributed by atoms with E-state index in [2.05, 4.69) is 5.32 Å². The van der Waals surface area contributed by atoms with Crippen LogP contribution in [-0.4, -0.2) is 44.0 Å². The Morgan fingerprint density at radius 3 is 2.65 bits per heavy atom. The summed E-state index contributed by atoms with van der Waals surface area (Å²) in [5, 5.41) is 4.75. The van der Waals surface area contributed by atoms with Gasteiger partial charge in [0.25, 0.3) is 0 Å². The highest BCUT2D eigenvalue weighted by Gasteiger charge is 2.19. The number of nitrogens with zero attached hydrogens (tertiary/aromatic N) is 1. The molecule has 5 nitrogen and oxygen atoms in total. The van der Waals surface area contributed by atoms with Crippen molar-refractivity contribution in [3.63, 3.8) is 0 Å². The third-order valence-corrected chi connectivity index (χ3v) is 5.13. The molecule has 0 bridgehead atoms. The smallest absolute Gasteiger partial charge is 0.225 e. The Hall–Kier alpha value is -0.920. The lowest BCUT2D eigenvalue weighted by molar-refractivity contribution is -0.120. The van der Waals surface area contributed by atoms with E-state index in [1.165, 1.54) is 10.6 Å².